The molecule has 0 aliphatic rings. The number of hydrogen-bond acceptors (Lipinski definition) is 15. The van der Waals surface area contributed by atoms with Gasteiger partial charge in [-0.3, -0.25) is 37.3 Å². The van der Waals surface area contributed by atoms with E-state index in [2.05, 4.69) is 113 Å². The molecule has 0 spiro atoms. The highest BCUT2D eigenvalue weighted by Crippen LogP contribution is 2.45. The van der Waals surface area contributed by atoms with Crippen molar-refractivity contribution in [2.75, 3.05) is 39.6 Å². The van der Waals surface area contributed by atoms with Crippen molar-refractivity contribution in [2.45, 2.75) is 367 Å². The number of aliphatic hydroxyl groups excluding tert-OH is 1. The van der Waals surface area contributed by atoms with E-state index in [4.69, 9.17) is 37.0 Å². The first-order chi connectivity index (χ1) is 48.7. The first kappa shape index (κ1) is 96.2. The molecule has 5 atom stereocenters. The Bertz CT molecular complexity index is 2230. The summed E-state index contributed by atoms with van der Waals surface area (Å²) < 4.78 is 68.6. The van der Waals surface area contributed by atoms with Crippen LogP contribution in [0.4, 0.5) is 0 Å². The Hall–Kier alpha value is -3.76. The van der Waals surface area contributed by atoms with Crippen molar-refractivity contribution in [1.82, 2.24) is 0 Å². The number of esters is 4. The van der Waals surface area contributed by atoms with E-state index in [1.165, 1.54) is 103 Å². The molecular weight excluding hydrogens is 1310 g/mol. The predicted octanol–water partition coefficient (Wildman–Crippen LogP) is 23.0. The molecule has 17 nitrogen and oxygen atoms in total. The largest absolute Gasteiger partial charge is 0.472 e. The Balaban J connectivity index is 5.36. The second-order valence-corrected chi connectivity index (χ2v) is 29.5. The maximum Gasteiger partial charge on any atom is 0.472 e. The molecule has 0 radical (unpaired) electrons. The molecule has 0 saturated heterocycles. The van der Waals surface area contributed by atoms with Gasteiger partial charge in [-0.15, -0.1) is 0 Å². The zero-order valence-electron chi connectivity index (χ0n) is 63.4. The Morgan fingerprint density at radius 3 is 0.850 bits per heavy atom. The molecule has 5 unspecified atom stereocenters. The molecule has 0 aromatic heterocycles. The number of phosphoric ester groups is 2. The Labute approximate surface area is 608 Å². The highest BCUT2D eigenvalue weighted by atomic mass is 31.2. The van der Waals surface area contributed by atoms with Crippen LogP contribution in [0, 0.1) is 0 Å². The van der Waals surface area contributed by atoms with Crippen molar-refractivity contribution < 1.29 is 80.2 Å². The van der Waals surface area contributed by atoms with Crippen LogP contribution < -0.4 is 0 Å². The van der Waals surface area contributed by atoms with E-state index in [1.807, 2.05) is 0 Å². The minimum absolute atomic E-state index is 0.0788. The number of allylic oxidation sites excluding steroid dienone is 14. The van der Waals surface area contributed by atoms with Crippen LogP contribution in [0.2, 0.25) is 0 Å². The highest BCUT2D eigenvalue weighted by molar-refractivity contribution is 7.47. The summed E-state index contributed by atoms with van der Waals surface area (Å²) in [6.45, 7) is 4.69. The molecule has 0 bridgehead atoms. The molecule has 0 saturated carbocycles. The average Bonchev–Trinajstić information content (AvgIpc) is 1.06. The minimum Gasteiger partial charge on any atom is -0.462 e. The third kappa shape index (κ3) is 72.6. The van der Waals surface area contributed by atoms with Gasteiger partial charge >= 0.3 is 39.5 Å². The maximum absolute atomic E-state index is 13.1. The van der Waals surface area contributed by atoms with Crippen molar-refractivity contribution in [1.29, 1.82) is 0 Å². The maximum atomic E-state index is 13.1. The molecule has 0 rings (SSSR count). The lowest BCUT2D eigenvalue weighted by Crippen LogP contribution is -2.30. The van der Waals surface area contributed by atoms with Crippen LogP contribution in [-0.2, 0) is 65.4 Å². The van der Waals surface area contributed by atoms with Gasteiger partial charge in [0.05, 0.1) is 26.4 Å². The number of carbonyl (C=O) groups is 4. The van der Waals surface area contributed by atoms with Crippen LogP contribution in [0.3, 0.4) is 0 Å². The summed E-state index contributed by atoms with van der Waals surface area (Å²) in [6, 6.07) is 0. The molecule has 19 heteroatoms. The van der Waals surface area contributed by atoms with Crippen molar-refractivity contribution in [3.05, 3.63) is 85.1 Å². The SMILES string of the molecule is CC/C=C\C/C=C\C/C=C\C/C=C\CCCCCCC(=O)OCC(COP(=O)(O)OCC(O)COP(=O)(O)OCC(COC(=O)CCCCCCC/C=C\CCCCCCCC)OC(=O)CCCCCCC/C=C\C/C=C\CCC)OC(=O)CCCCCCCCCCCCCCCCC. The van der Waals surface area contributed by atoms with E-state index in [0.717, 1.165) is 167 Å². The molecule has 0 aromatic rings. The number of hydrogen-bond donors (Lipinski definition) is 3. The fourth-order valence-corrected chi connectivity index (χ4v) is 12.4. The first-order valence-corrected chi connectivity index (χ1v) is 42.8. The van der Waals surface area contributed by atoms with Crippen LogP contribution in [-0.4, -0.2) is 96.7 Å². The number of ether oxygens (including phenoxy) is 4. The van der Waals surface area contributed by atoms with Crippen LogP contribution in [0.5, 0.6) is 0 Å². The third-order valence-electron chi connectivity index (χ3n) is 16.8. The zero-order valence-corrected chi connectivity index (χ0v) is 65.2. The van der Waals surface area contributed by atoms with Gasteiger partial charge in [-0.2, -0.15) is 0 Å². The van der Waals surface area contributed by atoms with E-state index in [-0.39, 0.29) is 25.7 Å². The Morgan fingerprint density at radius 1 is 0.290 bits per heavy atom. The summed E-state index contributed by atoms with van der Waals surface area (Å²) in [4.78, 5) is 73.0. The van der Waals surface area contributed by atoms with Gasteiger partial charge in [-0.05, 0) is 116 Å². The van der Waals surface area contributed by atoms with Gasteiger partial charge in [0.2, 0.25) is 0 Å². The number of aliphatic hydroxyl groups is 1. The highest BCUT2D eigenvalue weighted by Gasteiger charge is 2.30. The zero-order chi connectivity index (χ0) is 73.2. The quantitative estimate of drug-likeness (QED) is 0.0169. The van der Waals surface area contributed by atoms with Gasteiger partial charge in [0.1, 0.15) is 19.3 Å². The van der Waals surface area contributed by atoms with Gasteiger partial charge in [-0.1, -0.05) is 293 Å². The number of unbranched alkanes of at least 4 members (excludes halogenated alkanes) is 35. The molecule has 0 fully saturated rings. The van der Waals surface area contributed by atoms with E-state index >= 15 is 0 Å². The summed E-state index contributed by atoms with van der Waals surface area (Å²) in [6.07, 6.45) is 75.6. The van der Waals surface area contributed by atoms with E-state index in [0.29, 0.717) is 25.7 Å². The monoisotopic (exact) mass is 1450 g/mol. The summed E-state index contributed by atoms with van der Waals surface area (Å²) in [5.41, 5.74) is 0. The lowest BCUT2D eigenvalue weighted by atomic mass is 10.0. The Kier molecular flexibility index (Phi) is 70.8. The first-order valence-electron chi connectivity index (χ1n) is 39.8. The summed E-state index contributed by atoms with van der Waals surface area (Å²) in [5.74, 6) is -2.20. The fourth-order valence-electron chi connectivity index (χ4n) is 10.8. The molecule has 0 amide bonds. The lowest BCUT2D eigenvalue weighted by Gasteiger charge is -2.21. The fraction of sp³-hybridized carbons (Fsp3) is 0.778. The molecule has 100 heavy (non-hydrogen) atoms. The molecule has 580 valence electrons. The normalized spacial score (nSPS) is 14.3. The predicted molar refractivity (Wildman–Crippen MR) is 409 cm³/mol. The molecule has 3 N–H and O–H groups in total. The van der Waals surface area contributed by atoms with E-state index in [9.17, 15) is 43.2 Å². The van der Waals surface area contributed by atoms with Crippen LogP contribution >= 0.6 is 15.6 Å². The Morgan fingerprint density at radius 2 is 0.540 bits per heavy atom. The third-order valence-corrected chi connectivity index (χ3v) is 18.7. The average molecular weight is 1450 g/mol. The van der Waals surface area contributed by atoms with Crippen LogP contribution in [0.1, 0.15) is 349 Å². The standard InChI is InChI=1S/C81H144O17P2/c1-5-9-13-17-21-25-29-33-36-37-40-43-46-50-54-58-62-66-79(84)92-72-77(98-81(86)68-64-60-56-52-48-44-39-35-31-27-23-19-15-11-7-3)74-96-100(89,90)94-70-75(82)69-93-99(87,88)95-73-76(97-80(85)67-63-59-55-51-47-41-32-28-24-20-16-12-8-4)71-91-78(83)65-61-57-53-49-45-42-38-34-30-26-22-18-14-10-6-2/h9,13,16,20-21,25,28,32-34,36,38,40,43,75-77,82H,5-8,10-12,14-15,17-19,22-24,26-27,29-31,35,37,39,41-42,44-74H2,1-4H3,(H,87,88)(H,89,90)/b13-9-,20-16-,25-21-,32-28-,36-33-,38-34-,43-40-. The number of rotatable bonds is 75. The molecule has 0 aromatic carbocycles. The van der Waals surface area contributed by atoms with Gasteiger partial charge in [-0.25, -0.2) is 9.13 Å². The summed E-state index contributed by atoms with van der Waals surface area (Å²) in [5, 5.41) is 10.6. The van der Waals surface area contributed by atoms with Crippen LogP contribution in [0.15, 0.2) is 85.1 Å². The van der Waals surface area contributed by atoms with Crippen molar-refractivity contribution in [2.24, 2.45) is 0 Å². The minimum atomic E-state index is -4.98. The summed E-state index contributed by atoms with van der Waals surface area (Å²) in [7, 11) is -9.96. The molecule has 0 aliphatic carbocycles. The second kappa shape index (κ2) is 73.5. The van der Waals surface area contributed by atoms with E-state index in [1.54, 1.807) is 0 Å². The second-order valence-electron chi connectivity index (χ2n) is 26.6. The van der Waals surface area contributed by atoms with Crippen molar-refractivity contribution in [3.63, 3.8) is 0 Å². The number of carbonyl (C=O) groups excluding carboxylic acids is 4. The summed E-state index contributed by atoms with van der Waals surface area (Å²) >= 11 is 0. The topological polar surface area (TPSA) is 237 Å². The van der Waals surface area contributed by atoms with Crippen molar-refractivity contribution >= 4 is 39.5 Å². The van der Waals surface area contributed by atoms with Gasteiger partial charge in [0.15, 0.2) is 12.2 Å². The lowest BCUT2D eigenvalue weighted by molar-refractivity contribution is -0.161. The molecule has 0 aliphatic heterocycles. The smallest absolute Gasteiger partial charge is 0.462 e. The van der Waals surface area contributed by atoms with Gasteiger partial charge in [0, 0.05) is 25.7 Å². The molecular formula is C81H144O17P2. The van der Waals surface area contributed by atoms with Gasteiger partial charge in [0.25, 0.3) is 0 Å². The van der Waals surface area contributed by atoms with E-state index < -0.39 is 97.5 Å². The van der Waals surface area contributed by atoms with Crippen molar-refractivity contribution in [3.8, 4) is 0 Å². The number of phosphoric acid groups is 2. The molecule has 0 heterocycles. The van der Waals surface area contributed by atoms with Gasteiger partial charge < -0.3 is 33.8 Å². The van der Waals surface area contributed by atoms with Crippen LogP contribution in [0.25, 0.3) is 0 Å².